The molecule has 1 aliphatic rings. The van der Waals surface area contributed by atoms with E-state index in [0.29, 0.717) is 5.92 Å². The monoisotopic (exact) mass is 247 g/mol. The third-order valence-corrected chi connectivity index (χ3v) is 3.45. The Hall–Kier alpha value is -1.02. The molecule has 1 atom stereocenters. The van der Waals surface area contributed by atoms with Gasteiger partial charge in [0.15, 0.2) is 0 Å². The van der Waals surface area contributed by atoms with E-state index in [1.165, 1.54) is 18.4 Å². The van der Waals surface area contributed by atoms with Crippen molar-refractivity contribution in [2.24, 2.45) is 0 Å². The Bertz CT molecular complexity index is 354. The second kappa shape index (κ2) is 6.24. The summed E-state index contributed by atoms with van der Waals surface area (Å²) in [5, 5.41) is 3.52. The molecule has 0 radical (unpaired) electrons. The molecule has 2 nitrogen and oxygen atoms in total. The third-order valence-electron chi connectivity index (χ3n) is 3.45. The van der Waals surface area contributed by atoms with Crippen LogP contribution in [0.4, 0.5) is 0 Å². The molecule has 1 fully saturated rings. The summed E-state index contributed by atoms with van der Waals surface area (Å²) in [5.41, 5.74) is 1.37. The van der Waals surface area contributed by atoms with Crippen LogP contribution in [0.3, 0.4) is 0 Å². The highest BCUT2D eigenvalue weighted by molar-refractivity contribution is 5.29. The summed E-state index contributed by atoms with van der Waals surface area (Å²) >= 11 is 0. The normalized spacial score (nSPS) is 16.9. The van der Waals surface area contributed by atoms with Crippen molar-refractivity contribution in [3.63, 3.8) is 0 Å². The number of ether oxygens (including phenoxy) is 1. The van der Waals surface area contributed by atoms with E-state index in [9.17, 15) is 0 Å². The SMILES string of the molecule is CC(CCNC1CC1)Oc1ccc(C(C)C)cc1. The highest BCUT2D eigenvalue weighted by Crippen LogP contribution is 2.20. The van der Waals surface area contributed by atoms with Gasteiger partial charge in [0.05, 0.1) is 6.10 Å². The van der Waals surface area contributed by atoms with Gasteiger partial charge in [-0.2, -0.15) is 0 Å². The van der Waals surface area contributed by atoms with Crippen LogP contribution in [0.5, 0.6) is 5.75 Å². The molecule has 0 aromatic heterocycles. The number of nitrogens with one attached hydrogen (secondary N) is 1. The van der Waals surface area contributed by atoms with Gasteiger partial charge in [-0.25, -0.2) is 0 Å². The summed E-state index contributed by atoms with van der Waals surface area (Å²) < 4.78 is 5.91. The molecule has 0 bridgehead atoms. The fraction of sp³-hybridized carbons (Fsp3) is 0.625. The van der Waals surface area contributed by atoms with Crippen molar-refractivity contribution in [1.29, 1.82) is 0 Å². The Labute approximate surface area is 111 Å². The lowest BCUT2D eigenvalue weighted by Gasteiger charge is -2.15. The Morgan fingerprint density at radius 3 is 2.39 bits per heavy atom. The molecule has 1 unspecified atom stereocenters. The minimum absolute atomic E-state index is 0.279. The fourth-order valence-electron chi connectivity index (χ4n) is 2.00. The predicted octanol–water partition coefficient (Wildman–Crippen LogP) is 3.72. The maximum atomic E-state index is 5.91. The second-order valence-electron chi connectivity index (χ2n) is 5.67. The average Bonchev–Trinajstić information content (AvgIpc) is 3.13. The van der Waals surface area contributed by atoms with Crippen LogP contribution >= 0.6 is 0 Å². The van der Waals surface area contributed by atoms with Gasteiger partial charge in [-0.1, -0.05) is 26.0 Å². The molecule has 0 saturated heterocycles. The molecule has 0 aliphatic heterocycles. The smallest absolute Gasteiger partial charge is 0.119 e. The van der Waals surface area contributed by atoms with Crippen LogP contribution in [-0.4, -0.2) is 18.7 Å². The maximum Gasteiger partial charge on any atom is 0.119 e. The van der Waals surface area contributed by atoms with Crippen LogP contribution in [-0.2, 0) is 0 Å². The highest BCUT2D eigenvalue weighted by atomic mass is 16.5. The van der Waals surface area contributed by atoms with Crippen LogP contribution in [0.15, 0.2) is 24.3 Å². The molecule has 1 saturated carbocycles. The first kappa shape index (κ1) is 13.4. The molecule has 2 heteroatoms. The van der Waals surface area contributed by atoms with E-state index in [-0.39, 0.29) is 6.10 Å². The molecule has 1 aromatic rings. The van der Waals surface area contributed by atoms with Gasteiger partial charge < -0.3 is 10.1 Å². The van der Waals surface area contributed by atoms with E-state index in [4.69, 9.17) is 4.74 Å². The molecular formula is C16H25NO. The zero-order valence-electron chi connectivity index (χ0n) is 11.8. The van der Waals surface area contributed by atoms with E-state index in [0.717, 1.165) is 24.8 Å². The first-order chi connectivity index (χ1) is 8.65. The van der Waals surface area contributed by atoms with Crippen molar-refractivity contribution < 1.29 is 4.74 Å². The van der Waals surface area contributed by atoms with Crippen LogP contribution in [0, 0.1) is 0 Å². The molecule has 1 N–H and O–H groups in total. The van der Waals surface area contributed by atoms with Gasteiger partial charge in [-0.05, 0) is 56.3 Å². The van der Waals surface area contributed by atoms with Crippen molar-refractivity contribution in [3.05, 3.63) is 29.8 Å². The lowest BCUT2D eigenvalue weighted by atomic mass is 10.0. The fourth-order valence-corrected chi connectivity index (χ4v) is 2.00. The minimum atomic E-state index is 0.279. The molecule has 1 aromatic carbocycles. The largest absolute Gasteiger partial charge is 0.491 e. The summed E-state index contributed by atoms with van der Waals surface area (Å²) in [6, 6.07) is 9.28. The molecule has 0 amide bonds. The zero-order valence-corrected chi connectivity index (χ0v) is 11.8. The van der Waals surface area contributed by atoms with E-state index >= 15 is 0 Å². The molecule has 2 rings (SSSR count). The van der Waals surface area contributed by atoms with Gasteiger partial charge in [0.1, 0.15) is 5.75 Å². The van der Waals surface area contributed by atoms with Crippen LogP contribution in [0.1, 0.15) is 51.5 Å². The third kappa shape index (κ3) is 4.34. The summed E-state index contributed by atoms with van der Waals surface area (Å²) in [6.07, 6.45) is 4.06. The van der Waals surface area contributed by atoms with Crippen molar-refractivity contribution >= 4 is 0 Å². The highest BCUT2D eigenvalue weighted by Gasteiger charge is 2.20. The molecule has 0 spiro atoms. The van der Waals surface area contributed by atoms with Crippen molar-refractivity contribution in [2.75, 3.05) is 6.54 Å². The van der Waals surface area contributed by atoms with Gasteiger partial charge in [0, 0.05) is 6.04 Å². The first-order valence-electron chi connectivity index (χ1n) is 7.15. The quantitative estimate of drug-likeness (QED) is 0.793. The standard InChI is InChI=1S/C16H25NO/c1-12(2)14-4-8-16(9-5-14)18-13(3)10-11-17-15-6-7-15/h4-5,8-9,12-13,15,17H,6-7,10-11H2,1-3H3. The Kier molecular flexibility index (Phi) is 4.65. The first-order valence-corrected chi connectivity index (χ1v) is 7.15. The maximum absolute atomic E-state index is 5.91. The van der Waals surface area contributed by atoms with Gasteiger partial charge >= 0.3 is 0 Å². The summed E-state index contributed by atoms with van der Waals surface area (Å²) in [6.45, 7) is 7.63. The number of hydrogen-bond acceptors (Lipinski definition) is 2. The summed E-state index contributed by atoms with van der Waals surface area (Å²) in [5.74, 6) is 1.57. The molecule has 18 heavy (non-hydrogen) atoms. The van der Waals surface area contributed by atoms with E-state index in [2.05, 4.69) is 50.4 Å². The summed E-state index contributed by atoms with van der Waals surface area (Å²) in [4.78, 5) is 0. The molecular weight excluding hydrogens is 222 g/mol. The van der Waals surface area contributed by atoms with Gasteiger partial charge in [0.2, 0.25) is 0 Å². The summed E-state index contributed by atoms with van der Waals surface area (Å²) in [7, 11) is 0. The molecule has 1 aliphatic carbocycles. The Morgan fingerprint density at radius 1 is 1.17 bits per heavy atom. The van der Waals surface area contributed by atoms with Crippen LogP contribution < -0.4 is 10.1 Å². The predicted molar refractivity (Wildman–Crippen MR) is 76.3 cm³/mol. The average molecular weight is 247 g/mol. The van der Waals surface area contributed by atoms with Gasteiger partial charge in [0.25, 0.3) is 0 Å². The molecule has 0 heterocycles. The number of hydrogen-bond donors (Lipinski definition) is 1. The lowest BCUT2D eigenvalue weighted by molar-refractivity contribution is 0.210. The van der Waals surface area contributed by atoms with Crippen molar-refractivity contribution in [2.45, 2.75) is 58.1 Å². The van der Waals surface area contributed by atoms with Crippen LogP contribution in [0.2, 0.25) is 0 Å². The zero-order chi connectivity index (χ0) is 13.0. The second-order valence-corrected chi connectivity index (χ2v) is 5.67. The van der Waals surface area contributed by atoms with Gasteiger partial charge in [-0.3, -0.25) is 0 Å². The lowest BCUT2D eigenvalue weighted by Crippen LogP contribution is -2.23. The van der Waals surface area contributed by atoms with Crippen LogP contribution in [0.25, 0.3) is 0 Å². The number of rotatable bonds is 7. The van der Waals surface area contributed by atoms with Crippen molar-refractivity contribution in [3.8, 4) is 5.75 Å². The topological polar surface area (TPSA) is 21.3 Å². The van der Waals surface area contributed by atoms with E-state index < -0.39 is 0 Å². The Balaban J connectivity index is 1.73. The van der Waals surface area contributed by atoms with Gasteiger partial charge in [-0.15, -0.1) is 0 Å². The molecule has 100 valence electrons. The van der Waals surface area contributed by atoms with E-state index in [1.54, 1.807) is 0 Å². The minimum Gasteiger partial charge on any atom is -0.491 e. The number of benzene rings is 1. The van der Waals surface area contributed by atoms with Crippen molar-refractivity contribution in [1.82, 2.24) is 5.32 Å². The Morgan fingerprint density at radius 2 is 1.83 bits per heavy atom. The van der Waals surface area contributed by atoms with E-state index in [1.807, 2.05) is 0 Å².